The Balaban J connectivity index is 1.44. The van der Waals surface area contributed by atoms with Gasteiger partial charge in [-0.05, 0) is 36.2 Å². The molecule has 0 unspecified atom stereocenters. The predicted octanol–water partition coefficient (Wildman–Crippen LogP) is 4.66. The number of sulfonamides is 1. The van der Waals surface area contributed by atoms with E-state index in [2.05, 4.69) is 15.3 Å². The Hall–Kier alpha value is -3.38. The van der Waals surface area contributed by atoms with Crippen LogP contribution in [0.1, 0.15) is 30.0 Å². The van der Waals surface area contributed by atoms with E-state index in [0.717, 1.165) is 11.8 Å². The Morgan fingerprint density at radius 2 is 1.80 bits per heavy atom. The first-order valence-electron chi connectivity index (χ1n) is 11.0. The van der Waals surface area contributed by atoms with Gasteiger partial charge < -0.3 is 5.32 Å². The van der Waals surface area contributed by atoms with E-state index in [9.17, 15) is 21.6 Å². The zero-order valence-corrected chi connectivity index (χ0v) is 19.3. The topological polar surface area (TPSA) is 87.7 Å². The number of halogens is 3. The summed E-state index contributed by atoms with van der Waals surface area (Å²) in [6, 6.07) is 15.2. The highest BCUT2D eigenvalue weighted by atomic mass is 32.2. The number of hydrogen-bond acceptors (Lipinski definition) is 7. The van der Waals surface area contributed by atoms with Crippen LogP contribution in [0.15, 0.2) is 60.8 Å². The molecule has 2 aromatic carbocycles. The van der Waals surface area contributed by atoms with Gasteiger partial charge in [0.2, 0.25) is 16.0 Å². The number of hydroxylamine groups is 1. The van der Waals surface area contributed by atoms with Gasteiger partial charge in [0.1, 0.15) is 5.56 Å². The minimum absolute atomic E-state index is 0.0446. The van der Waals surface area contributed by atoms with E-state index < -0.39 is 27.8 Å². The van der Waals surface area contributed by atoms with Crippen molar-refractivity contribution in [1.82, 2.24) is 9.97 Å². The molecule has 0 amide bonds. The van der Waals surface area contributed by atoms with Gasteiger partial charge in [-0.3, -0.25) is 9.14 Å². The number of hydrogen-bond donors (Lipinski definition) is 1. The Morgan fingerprint density at radius 1 is 1.06 bits per heavy atom. The number of benzene rings is 2. The van der Waals surface area contributed by atoms with Crippen LogP contribution in [0.4, 0.5) is 36.3 Å². The first kappa shape index (κ1) is 23.4. The van der Waals surface area contributed by atoms with Crippen LogP contribution in [-0.2, 0) is 21.0 Å². The fourth-order valence-electron chi connectivity index (χ4n) is 4.23. The average molecular weight is 506 g/mol. The second kappa shape index (κ2) is 9.00. The lowest BCUT2D eigenvalue weighted by atomic mass is 10.0. The molecule has 2 saturated heterocycles. The summed E-state index contributed by atoms with van der Waals surface area (Å²) in [5.41, 5.74) is 0.843. The Labute approximate surface area is 200 Å². The largest absolute Gasteiger partial charge is 0.421 e. The van der Waals surface area contributed by atoms with Crippen molar-refractivity contribution in [3.8, 4) is 0 Å². The zero-order chi connectivity index (χ0) is 24.6. The number of nitrogens with one attached hydrogen (secondary N) is 1. The molecule has 3 aromatic rings. The van der Waals surface area contributed by atoms with E-state index in [1.807, 2.05) is 30.3 Å². The van der Waals surface area contributed by atoms with E-state index in [1.54, 1.807) is 24.3 Å². The van der Waals surface area contributed by atoms with Crippen molar-refractivity contribution in [3.63, 3.8) is 0 Å². The third-order valence-electron chi connectivity index (χ3n) is 5.88. The average Bonchev–Trinajstić information content (AvgIpc) is 3.46. The van der Waals surface area contributed by atoms with Gasteiger partial charge in [-0.15, -0.1) is 0 Å². The predicted molar refractivity (Wildman–Crippen MR) is 125 cm³/mol. The third-order valence-corrected chi connectivity index (χ3v) is 7.75. The molecular weight excluding hydrogens is 483 g/mol. The van der Waals surface area contributed by atoms with Crippen molar-refractivity contribution < 1.29 is 26.4 Å². The van der Waals surface area contributed by atoms with Crippen LogP contribution in [0.3, 0.4) is 0 Å². The molecule has 1 N–H and O–H groups in total. The molecule has 1 atom stereocenters. The summed E-state index contributed by atoms with van der Waals surface area (Å²) in [6.07, 6.45) is -2.87. The summed E-state index contributed by atoms with van der Waals surface area (Å²) in [5, 5.41) is 4.10. The van der Waals surface area contributed by atoms with Crippen molar-refractivity contribution in [2.24, 2.45) is 0 Å². The van der Waals surface area contributed by atoms with Gasteiger partial charge >= 0.3 is 6.18 Å². The normalized spacial score (nSPS) is 19.8. The molecule has 0 radical (unpaired) electrons. The van der Waals surface area contributed by atoms with Crippen LogP contribution in [0.5, 0.6) is 0 Å². The second-order valence-corrected chi connectivity index (χ2v) is 10.2. The fraction of sp³-hybridized carbons (Fsp3) is 0.304. The molecule has 184 valence electrons. The summed E-state index contributed by atoms with van der Waals surface area (Å²) in [6.45, 7) is 0.670. The third kappa shape index (κ3) is 4.76. The van der Waals surface area contributed by atoms with Gasteiger partial charge in [0.15, 0.2) is 5.82 Å². The van der Waals surface area contributed by atoms with Crippen molar-refractivity contribution in [1.29, 1.82) is 0 Å². The highest BCUT2D eigenvalue weighted by Gasteiger charge is 2.40. The van der Waals surface area contributed by atoms with E-state index >= 15 is 0 Å². The Bertz CT molecular complexity index is 1300. The number of aromatic nitrogens is 2. The van der Waals surface area contributed by atoms with Crippen LogP contribution < -0.4 is 14.7 Å². The van der Waals surface area contributed by atoms with Crippen LogP contribution in [0.25, 0.3) is 0 Å². The van der Waals surface area contributed by atoms with Crippen molar-refractivity contribution in [3.05, 3.63) is 71.9 Å². The monoisotopic (exact) mass is 505 g/mol. The standard InChI is InChI=1S/C23H22F3N5O3S/c24-23(25,26)19-15-27-22(28-17-7-9-18(10-8-17)30-12-4-14-35(30,32)33)29-21(19)31-20(11-13-34-31)16-5-2-1-3-6-16/h1-3,5-10,15,20H,4,11-14H2,(H,27,28,29)/t20-/m0/s1. The Morgan fingerprint density at radius 3 is 2.46 bits per heavy atom. The maximum atomic E-state index is 13.8. The first-order valence-corrected chi connectivity index (χ1v) is 12.6. The molecule has 2 aliphatic rings. The zero-order valence-electron chi connectivity index (χ0n) is 18.4. The molecule has 0 spiro atoms. The molecule has 12 heteroatoms. The summed E-state index contributed by atoms with van der Waals surface area (Å²) < 4.78 is 67.0. The summed E-state index contributed by atoms with van der Waals surface area (Å²) in [4.78, 5) is 13.6. The molecule has 0 saturated carbocycles. The van der Waals surface area contributed by atoms with Crippen molar-refractivity contribution in [2.75, 3.05) is 33.6 Å². The molecular formula is C23H22F3N5O3S. The number of alkyl halides is 3. The molecule has 2 fully saturated rings. The maximum absolute atomic E-state index is 13.8. The molecule has 0 bridgehead atoms. The SMILES string of the molecule is O=S1(=O)CCCN1c1ccc(Nc2ncc(C(F)(F)F)c(N3OCC[C@H]3c3ccccc3)n2)cc1. The summed E-state index contributed by atoms with van der Waals surface area (Å²) in [7, 11) is -3.31. The van der Waals surface area contributed by atoms with Gasteiger partial charge in [-0.2, -0.15) is 18.2 Å². The molecule has 1 aromatic heterocycles. The number of rotatable bonds is 5. The van der Waals surface area contributed by atoms with Gasteiger partial charge in [0.25, 0.3) is 0 Å². The maximum Gasteiger partial charge on any atom is 0.421 e. The lowest BCUT2D eigenvalue weighted by Gasteiger charge is -2.26. The molecule has 2 aliphatic heterocycles. The number of nitrogens with zero attached hydrogens (tertiary/aromatic N) is 4. The van der Waals surface area contributed by atoms with E-state index in [1.165, 1.54) is 9.37 Å². The second-order valence-electron chi connectivity index (χ2n) is 8.22. The minimum Gasteiger partial charge on any atom is -0.324 e. The molecule has 8 nitrogen and oxygen atoms in total. The van der Waals surface area contributed by atoms with E-state index in [-0.39, 0.29) is 24.1 Å². The molecule has 0 aliphatic carbocycles. The molecule has 3 heterocycles. The van der Waals surface area contributed by atoms with Gasteiger partial charge in [0.05, 0.1) is 24.1 Å². The quantitative estimate of drug-likeness (QED) is 0.540. The highest BCUT2D eigenvalue weighted by Crippen LogP contribution is 2.41. The van der Waals surface area contributed by atoms with E-state index in [4.69, 9.17) is 4.84 Å². The van der Waals surface area contributed by atoms with Crippen molar-refractivity contribution >= 4 is 33.2 Å². The number of anilines is 4. The lowest BCUT2D eigenvalue weighted by molar-refractivity contribution is -0.138. The smallest absolute Gasteiger partial charge is 0.324 e. The lowest BCUT2D eigenvalue weighted by Crippen LogP contribution is -2.26. The molecule has 35 heavy (non-hydrogen) atoms. The van der Waals surface area contributed by atoms with Crippen LogP contribution in [0.2, 0.25) is 0 Å². The summed E-state index contributed by atoms with van der Waals surface area (Å²) >= 11 is 0. The fourth-order valence-corrected chi connectivity index (χ4v) is 5.79. The minimum atomic E-state index is -4.68. The highest BCUT2D eigenvalue weighted by molar-refractivity contribution is 7.93. The van der Waals surface area contributed by atoms with Gasteiger partial charge in [0, 0.05) is 24.8 Å². The van der Waals surface area contributed by atoms with Crippen LogP contribution in [0, 0.1) is 0 Å². The van der Waals surface area contributed by atoms with Crippen LogP contribution in [-0.4, -0.2) is 37.3 Å². The Kier molecular flexibility index (Phi) is 6.01. The first-order chi connectivity index (χ1) is 16.7. The van der Waals surface area contributed by atoms with Crippen LogP contribution >= 0.6 is 0 Å². The van der Waals surface area contributed by atoms with Crippen molar-refractivity contribution in [2.45, 2.75) is 25.1 Å². The van der Waals surface area contributed by atoms with E-state index in [0.29, 0.717) is 30.8 Å². The van der Waals surface area contributed by atoms with Gasteiger partial charge in [-0.25, -0.2) is 18.5 Å². The summed E-state index contributed by atoms with van der Waals surface area (Å²) in [5.74, 6) is -0.310. The molecule has 5 rings (SSSR count). The van der Waals surface area contributed by atoms with Gasteiger partial charge in [-0.1, -0.05) is 30.3 Å².